The van der Waals surface area contributed by atoms with E-state index in [9.17, 15) is 4.79 Å². The topological polar surface area (TPSA) is 51.8 Å². The van der Waals surface area contributed by atoms with Crippen LogP contribution in [0.25, 0.3) is 17.4 Å². The smallest absolute Gasteiger partial charge is 0.363 e. The largest absolute Gasteiger partial charge is 0.457 e. The molecule has 0 N–H and O–H groups in total. The van der Waals surface area contributed by atoms with E-state index < -0.39 is 5.97 Å². The molecule has 2 aromatic carbocycles. The number of hydrogen-bond donors (Lipinski definition) is 0. The van der Waals surface area contributed by atoms with Crippen LogP contribution in [0.2, 0.25) is 10.0 Å². The molecule has 128 valence electrons. The predicted molar refractivity (Wildman–Crippen MR) is 101 cm³/mol. The van der Waals surface area contributed by atoms with Crippen LogP contribution in [0.4, 0.5) is 0 Å². The average molecular weight is 384 g/mol. The third-order valence-corrected chi connectivity index (χ3v) is 4.25. The van der Waals surface area contributed by atoms with Gasteiger partial charge in [-0.3, -0.25) is 0 Å². The third kappa shape index (κ3) is 3.43. The molecule has 0 amide bonds. The first-order valence-corrected chi connectivity index (χ1v) is 8.48. The molecule has 0 radical (unpaired) electrons. The lowest BCUT2D eigenvalue weighted by atomic mass is 10.2. The van der Waals surface area contributed by atoms with Crippen molar-refractivity contribution in [2.75, 3.05) is 0 Å². The van der Waals surface area contributed by atoms with Gasteiger partial charge >= 0.3 is 5.97 Å². The van der Waals surface area contributed by atoms with Crippen molar-refractivity contribution < 1.29 is 13.9 Å². The lowest BCUT2D eigenvalue weighted by Gasteiger charge is -1.98. The van der Waals surface area contributed by atoms with Crippen LogP contribution >= 0.6 is 23.2 Å². The first-order valence-electron chi connectivity index (χ1n) is 7.73. The number of benzene rings is 2. The number of furan rings is 1. The second-order valence-electron chi connectivity index (χ2n) is 5.55. The summed E-state index contributed by atoms with van der Waals surface area (Å²) in [7, 11) is 0. The number of nitrogens with zero attached hydrogens (tertiary/aromatic N) is 1. The Hall–Kier alpha value is -2.82. The van der Waals surface area contributed by atoms with Crippen LogP contribution < -0.4 is 0 Å². The molecule has 0 unspecified atom stereocenters. The average Bonchev–Trinajstić information content (AvgIpc) is 3.24. The molecule has 1 aromatic heterocycles. The van der Waals surface area contributed by atoms with Gasteiger partial charge in [-0.05, 0) is 60.7 Å². The first-order chi connectivity index (χ1) is 12.6. The zero-order valence-electron chi connectivity index (χ0n) is 13.3. The number of esters is 1. The standard InChI is InChI=1S/C20H11Cl2NO3/c21-14-5-1-12(2-6-14)18-10-9-16(25-18)11-17-20(24)26-19(23-17)13-3-7-15(22)8-4-13/h1-11H. The van der Waals surface area contributed by atoms with Crippen molar-refractivity contribution in [3.8, 4) is 11.3 Å². The summed E-state index contributed by atoms with van der Waals surface area (Å²) in [6.07, 6.45) is 1.55. The summed E-state index contributed by atoms with van der Waals surface area (Å²) in [5.41, 5.74) is 1.73. The van der Waals surface area contributed by atoms with Crippen molar-refractivity contribution in [1.29, 1.82) is 0 Å². The Labute approximate surface area is 159 Å². The van der Waals surface area contributed by atoms with E-state index in [0.29, 0.717) is 27.1 Å². The van der Waals surface area contributed by atoms with Crippen LogP contribution in [-0.4, -0.2) is 11.9 Å². The summed E-state index contributed by atoms with van der Waals surface area (Å²) >= 11 is 11.8. The third-order valence-electron chi connectivity index (χ3n) is 3.75. The molecule has 0 aliphatic carbocycles. The predicted octanol–water partition coefficient (Wildman–Crippen LogP) is 5.60. The first kappa shape index (κ1) is 16.6. The Balaban J connectivity index is 1.61. The number of carbonyl (C=O) groups excluding carboxylic acids is 1. The lowest BCUT2D eigenvalue weighted by Crippen LogP contribution is -2.05. The van der Waals surface area contributed by atoms with E-state index in [4.69, 9.17) is 32.4 Å². The molecule has 4 nitrogen and oxygen atoms in total. The van der Waals surface area contributed by atoms with Gasteiger partial charge in [-0.2, -0.15) is 0 Å². The molecule has 0 bridgehead atoms. The van der Waals surface area contributed by atoms with Crippen LogP contribution in [0, 0.1) is 0 Å². The van der Waals surface area contributed by atoms with Crippen molar-refractivity contribution >= 4 is 41.1 Å². The lowest BCUT2D eigenvalue weighted by molar-refractivity contribution is -0.129. The highest BCUT2D eigenvalue weighted by Crippen LogP contribution is 2.26. The van der Waals surface area contributed by atoms with Crippen LogP contribution in [0.15, 0.2) is 75.8 Å². The molecule has 3 aromatic rings. The Bertz CT molecular complexity index is 1030. The molecular formula is C20H11Cl2NO3. The van der Waals surface area contributed by atoms with Crippen LogP contribution in [-0.2, 0) is 9.53 Å². The quantitative estimate of drug-likeness (QED) is 0.436. The van der Waals surface area contributed by atoms with E-state index in [1.807, 2.05) is 18.2 Å². The maximum Gasteiger partial charge on any atom is 0.363 e. The Morgan fingerprint density at radius 3 is 2.08 bits per heavy atom. The van der Waals surface area contributed by atoms with Gasteiger partial charge in [-0.25, -0.2) is 9.79 Å². The monoisotopic (exact) mass is 383 g/mol. The van der Waals surface area contributed by atoms with E-state index in [2.05, 4.69) is 4.99 Å². The zero-order valence-corrected chi connectivity index (χ0v) is 14.8. The van der Waals surface area contributed by atoms with Gasteiger partial charge in [0.15, 0.2) is 5.70 Å². The van der Waals surface area contributed by atoms with Crippen molar-refractivity contribution in [3.63, 3.8) is 0 Å². The normalized spacial score (nSPS) is 15.2. The van der Waals surface area contributed by atoms with Crippen molar-refractivity contribution in [2.24, 2.45) is 4.99 Å². The van der Waals surface area contributed by atoms with Gasteiger partial charge in [0.1, 0.15) is 11.5 Å². The van der Waals surface area contributed by atoms with Crippen LogP contribution in [0.5, 0.6) is 0 Å². The molecule has 0 atom stereocenters. The van der Waals surface area contributed by atoms with Gasteiger partial charge in [0.2, 0.25) is 5.90 Å². The van der Waals surface area contributed by atoms with Crippen molar-refractivity contribution in [1.82, 2.24) is 0 Å². The fourth-order valence-electron chi connectivity index (χ4n) is 2.46. The minimum absolute atomic E-state index is 0.173. The van der Waals surface area contributed by atoms with E-state index in [1.165, 1.54) is 0 Å². The van der Waals surface area contributed by atoms with Gasteiger partial charge in [0, 0.05) is 27.2 Å². The summed E-state index contributed by atoms with van der Waals surface area (Å²) in [6, 6.07) is 17.8. The second kappa shape index (κ2) is 6.83. The molecule has 1 aliphatic rings. The van der Waals surface area contributed by atoms with E-state index in [-0.39, 0.29) is 11.6 Å². The molecular weight excluding hydrogens is 373 g/mol. The summed E-state index contributed by atoms with van der Waals surface area (Å²) in [5, 5.41) is 1.25. The maximum atomic E-state index is 12.1. The molecule has 0 saturated carbocycles. The molecule has 4 rings (SSSR count). The molecule has 1 aliphatic heterocycles. The number of rotatable bonds is 3. The molecule has 0 spiro atoms. The Kier molecular flexibility index (Phi) is 4.37. The minimum Gasteiger partial charge on any atom is -0.457 e. The van der Waals surface area contributed by atoms with Crippen LogP contribution in [0.1, 0.15) is 11.3 Å². The summed E-state index contributed by atoms with van der Waals surface area (Å²) in [6.45, 7) is 0. The van der Waals surface area contributed by atoms with E-state index in [1.54, 1.807) is 48.5 Å². The number of ether oxygens (including phenoxy) is 1. The van der Waals surface area contributed by atoms with Crippen molar-refractivity contribution in [3.05, 3.63) is 87.7 Å². The molecule has 26 heavy (non-hydrogen) atoms. The second-order valence-corrected chi connectivity index (χ2v) is 6.42. The molecule has 2 heterocycles. The van der Waals surface area contributed by atoms with Gasteiger partial charge in [-0.1, -0.05) is 23.2 Å². The van der Waals surface area contributed by atoms with Crippen LogP contribution in [0.3, 0.4) is 0 Å². The summed E-state index contributed by atoms with van der Waals surface area (Å²) < 4.78 is 11.0. The minimum atomic E-state index is -0.528. The zero-order chi connectivity index (χ0) is 18.1. The van der Waals surface area contributed by atoms with Gasteiger partial charge in [0.05, 0.1) is 0 Å². The summed E-state index contributed by atoms with van der Waals surface area (Å²) in [4.78, 5) is 16.3. The number of carbonyl (C=O) groups is 1. The van der Waals surface area contributed by atoms with E-state index >= 15 is 0 Å². The Morgan fingerprint density at radius 1 is 0.808 bits per heavy atom. The number of halogens is 2. The highest BCUT2D eigenvalue weighted by Gasteiger charge is 2.24. The molecule has 6 heteroatoms. The van der Waals surface area contributed by atoms with Gasteiger partial charge in [0.25, 0.3) is 0 Å². The number of cyclic esters (lactones) is 1. The van der Waals surface area contributed by atoms with Crippen molar-refractivity contribution in [2.45, 2.75) is 0 Å². The number of aliphatic imine (C=N–C) groups is 1. The summed E-state index contributed by atoms with van der Waals surface area (Å²) in [5.74, 6) is 0.881. The molecule has 0 saturated heterocycles. The molecule has 0 fully saturated rings. The fraction of sp³-hybridized carbons (Fsp3) is 0. The van der Waals surface area contributed by atoms with E-state index in [0.717, 1.165) is 5.56 Å². The highest BCUT2D eigenvalue weighted by molar-refractivity contribution is 6.31. The van der Waals surface area contributed by atoms with Gasteiger partial charge in [-0.15, -0.1) is 0 Å². The fourth-order valence-corrected chi connectivity index (χ4v) is 2.71. The van der Waals surface area contributed by atoms with Gasteiger partial charge < -0.3 is 9.15 Å². The Morgan fingerprint density at radius 2 is 1.42 bits per heavy atom. The number of hydrogen-bond acceptors (Lipinski definition) is 4. The highest BCUT2D eigenvalue weighted by atomic mass is 35.5. The SMILES string of the molecule is O=C1OC(c2ccc(Cl)cc2)=NC1=Cc1ccc(-c2ccc(Cl)cc2)o1. The maximum absolute atomic E-state index is 12.1.